The molecule has 0 aromatic carbocycles. The second-order valence-corrected chi connectivity index (χ2v) is 7.30. The first kappa shape index (κ1) is 12.0. The maximum absolute atomic E-state index is 6.00. The fourth-order valence-corrected chi connectivity index (χ4v) is 3.70. The molecular formula is C15H20N2S. The van der Waals surface area contributed by atoms with Crippen molar-refractivity contribution in [2.45, 2.75) is 40.0 Å². The minimum Gasteiger partial charge on any atom is -0.398 e. The largest absolute Gasteiger partial charge is 0.398 e. The van der Waals surface area contributed by atoms with Gasteiger partial charge in [-0.1, -0.05) is 20.8 Å². The lowest BCUT2D eigenvalue weighted by molar-refractivity contribution is 0.215. The van der Waals surface area contributed by atoms with Crippen molar-refractivity contribution < 1.29 is 0 Å². The Morgan fingerprint density at radius 1 is 1.39 bits per heavy atom. The minimum absolute atomic E-state index is 0.382. The zero-order valence-corrected chi connectivity index (χ0v) is 12.1. The van der Waals surface area contributed by atoms with E-state index < -0.39 is 0 Å². The highest BCUT2D eigenvalue weighted by molar-refractivity contribution is 7.17. The highest BCUT2D eigenvalue weighted by atomic mass is 32.1. The Kier molecular flexibility index (Phi) is 2.63. The summed E-state index contributed by atoms with van der Waals surface area (Å²) in [6, 6.07) is 2.28. The van der Waals surface area contributed by atoms with Gasteiger partial charge in [-0.05, 0) is 42.2 Å². The summed E-state index contributed by atoms with van der Waals surface area (Å²) in [5.74, 6) is 0.754. The van der Waals surface area contributed by atoms with Crippen LogP contribution in [0, 0.1) is 11.3 Å². The van der Waals surface area contributed by atoms with E-state index in [-0.39, 0.29) is 0 Å². The molecule has 0 aliphatic heterocycles. The Hall–Kier alpha value is -1.09. The normalized spacial score (nSPS) is 20.1. The van der Waals surface area contributed by atoms with E-state index in [0.717, 1.165) is 34.7 Å². The van der Waals surface area contributed by atoms with Crippen LogP contribution < -0.4 is 5.73 Å². The summed E-state index contributed by atoms with van der Waals surface area (Å²) in [5.41, 5.74) is 9.97. The van der Waals surface area contributed by atoms with E-state index >= 15 is 0 Å². The highest BCUT2D eigenvalue weighted by Crippen LogP contribution is 2.38. The standard InChI is InChI=1S/C15H20N2S/c1-15(2,3)10-4-5-13-9(6-10)7-11-12(16)8-18-14(11)17-13/h7-8,10H,4-6,16H2,1-3H3. The van der Waals surface area contributed by atoms with E-state index in [1.807, 2.05) is 5.38 Å². The van der Waals surface area contributed by atoms with Crippen molar-refractivity contribution in [2.75, 3.05) is 5.73 Å². The van der Waals surface area contributed by atoms with Crippen LogP contribution in [-0.2, 0) is 12.8 Å². The number of nitrogen functional groups attached to an aromatic ring is 1. The van der Waals surface area contributed by atoms with Gasteiger partial charge in [0.2, 0.25) is 0 Å². The summed E-state index contributed by atoms with van der Waals surface area (Å²) in [4.78, 5) is 5.89. The van der Waals surface area contributed by atoms with Crippen LogP contribution >= 0.6 is 11.3 Å². The van der Waals surface area contributed by atoms with Gasteiger partial charge in [-0.2, -0.15) is 0 Å². The molecule has 2 nitrogen and oxygen atoms in total. The topological polar surface area (TPSA) is 38.9 Å². The maximum Gasteiger partial charge on any atom is 0.125 e. The average molecular weight is 260 g/mol. The molecule has 2 heterocycles. The van der Waals surface area contributed by atoms with Crippen molar-refractivity contribution in [3.05, 3.63) is 22.7 Å². The summed E-state index contributed by atoms with van der Waals surface area (Å²) >= 11 is 1.66. The van der Waals surface area contributed by atoms with Crippen LogP contribution in [0.5, 0.6) is 0 Å². The molecule has 0 bridgehead atoms. The van der Waals surface area contributed by atoms with Gasteiger partial charge in [-0.15, -0.1) is 11.3 Å². The van der Waals surface area contributed by atoms with Crippen LogP contribution in [0.3, 0.4) is 0 Å². The molecule has 3 heteroatoms. The smallest absolute Gasteiger partial charge is 0.125 e. The predicted molar refractivity (Wildman–Crippen MR) is 79.0 cm³/mol. The molecule has 96 valence electrons. The number of thiophene rings is 1. The third kappa shape index (κ3) is 1.91. The second-order valence-electron chi connectivity index (χ2n) is 6.44. The molecule has 0 fully saturated rings. The number of aryl methyl sites for hydroxylation is 1. The van der Waals surface area contributed by atoms with E-state index in [2.05, 4.69) is 26.8 Å². The molecule has 0 saturated carbocycles. The Morgan fingerprint density at radius 3 is 2.89 bits per heavy atom. The molecule has 0 spiro atoms. The Morgan fingerprint density at radius 2 is 2.17 bits per heavy atom. The monoisotopic (exact) mass is 260 g/mol. The van der Waals surface area contributed by atoms with Crippen LogP contribution in [0.4, 0.5) is 5.69 Å². The van der Waals surface area contributed by atoms with E-state index in [0.29, 0.717) is 5.41 Å². The summed E-state index contributed by atoms with van der Waals surface area (Å²) in [6.07, 6.45) is 3.53. The van der Waals surface area contributed by atoms with E-state index in [4.69, 9.17) is 10.7 Å². The van der Waals surface area contributed by atoms with Gasteiger partial charge in [0.1, 0.15) is 4.83 Å². The van der Waals surface area contributed by atoms with E-state index in [9.17, 15) is 0 Å². The van der Waals surface area contributed by atoms with Crippen molar-refractivity contribution in [1.82, 2.24) is 4.98 Å². The molecule has 1 aliphatic carbocycles. The molecule has 2 aromatic heterocycles. The summed E-state index contributed by atoms with van der Waals surface area (Å²) < 4.78 is 0. The van der Waals surface area contributed by atoms with Crippen LogP contribution in [0.25, 0.3) is 10.2 Å². The average Bonchev–Trinajstić information content (AvgIpc) is 2.66. The number of hydrogen-bond acceptors (Lipinski definition) is 3. The minimum atomic E-state index is 0.382. The summed E-state index contributed by atoms with van der Waals surface area (Å²) in [6.45, 7) is 7.02. The number of pyridine rings is 1. The zero-order chi connectivity index (χ0) is 12.9. The summed E-state index contributed by atoms with van der Waals surface area (Å²) in [5, 5.41) is 3.15. The van der Waals surface area contributed by atoms with Crippen molar-refractivity contribution in [3.8, 4) is 0 Å². The quantitative estimate of drug-likeness (QED) is 0.776. The van der Waals surface area contributed by atoms with Crippen LogP contribution in [-0.4, -0.2) is 4.98 Å². The predicted octanol–water partition coefficient (Wildman–Crippen LogP) is 4.03. The fraction of sp³-hybridized carbons (Fsp3) is 0.533. The molecule has 1 aliphatic rings. The number of nitrogens with two attached hydrogens (primary N) is 1. The van der Waals surface area contributed by atoms with Crippen LogP contribution in [0.2, 0.25) is 0 Å². The van der Waals surface area contributed by atoms with Gasteiger partial charge < -0.3 is 5.73 Å². The van der Waals surface area contributed by atoms with Crippen molar-refractivity contribution in [2.24, 2.45) is 11.3 Å². The SMILES string of the molecule is CC(C)(C)C1CCc2nc3scc(N)c3cc2C1. The fourth-order valence-electron chi connectivity index (χ4n) is 2.86. The first-order valence-corrected chi connectivity index (χ1v) is 7.48. The highest BCUT2D eigenvalue weighted by Gasteiger charge is 2.29. The molecule has 2 N–H and O–H groups in total. The van der Waals surface area contributed by atoms with Crippen molar-refractivity contribution >= 4 is 27.2 Å². The molecule has 0 amide bonds. The Labute approximate surface area is 112 Å². The van der Waals surface area contributed by atoms with Gasteiger partial charge in [-0.3, -0.25) is 0 Å². The molecule has 1 unspecified atom stereocenters. The number of fused-ring (bicyclic) bond motifs is 2. The summed E-state index contributed by atoms with van der Waals surface area (Å²) in [7, 11) is 0. The maximum atomic E-state index is 6.00. The lowest BCUT2D eigenvalue weighted by Gasteiger charge is -2.34. The van der Waals surface area contributed by atoms with Gasteiger partial charge in [0.15, 0.2) is 0 Å². The first-order chi connectivity index (χ1) is 8.45. The molecular weight excluding hydrogens is 240 g/mol. The molecule has 0 saturated heterocycles. The van der Waals surface area contributed by atoms with Crippen LogP contribution in [0.1, 0.15) is 38.4 Å². The Balaban J connectivity index is 2.04. The van der Waals surface area contributed by atoms with Gasteiger partial charge in [0.05, 0.1) is 5.69 Å². The second kappa shape index (κ2) is 3.95. The van der Waals surface area contributed by atoms with Crippen molar-refractivity contribution in [3.63, 3.8) is 0 Å². The lowest BCUT2D eigenvalue weighted by Crippen LogP contribution is -2.27. The van der Waals surface area contributed by atoms with Crippen molar-refractivity contribution in [1.29, 1.82) is 0 Å². The van der Waals surface area contributed by atoms with Crippen LogP contribution in [0.15, 0.2) is 11.4 Å². The molecule has 0 radical (unpaired) electrons. The first-order valence-electron chi connectivity index (χ1n) is 6.60. The Bertz CT molecular complexity index is 592. The van der Waals surface area contributed by atoms with E-state index in [1.165, 1.54) is 17.7 Å². The molecule has 3 rings (SSSR count). The number of rotatable bonds is 0. The van der Waals surface area contributed by atoms with Gasteiger partial charge in [-0.25, -0.2) is 4.98 Å². The molecule has 18 heavy (non-hydrogen) atoms. The third-order valence-electron chi connectivity index (χ3n) is 4.19. The van der Waals surface area contributed by atoms with Gasteiger partial charge in [0.25, 0.3) is 0 Å². The molecule has 1 atom stereocenters. The molecule has 2 aromatic rings. The number of nitrogens with zero attached hydrogens (tertiary/aromatic N) is 1. The lowest BCUT2D eigenvalue weighted by atomic mass is 9.71. The van der Waals surface area contributed by atoms with Gasteiger partial charge >= 0.3 is 0 Å². The van der Waals surface area contributed by atoms with E-state index in [1.54, 1.807) is 11.3 Å². The zero-order valence-electron chi connectivity index (χ0n) is 11.3. The number of anilines is 1. The number of hydrogen-bond donors (Lipinski definition) is 1. The third-order valence-corrected chi connectivity index (χ3v) is 5.09. The van der Waals surface area contributed by atoms with Gasteiger partial charge in [0, 0.05) is 16.5 Å². The number of aromatic nitrogens is 1.